The molecule has 0 bridgehead atoms. The normalized spacial score (nSPS) is 11.4. The molecule has 0 heterocycles. The maximum Gasteiger partial charge on any atom is 0.416 e. The van der Waals surface area contributed by atoms with E-state index in [0.29, 0.717) is 0 Å². The highest BCUT2D eigenvalue weighted by molar-refractivity contribution is 5.54. The van der Waals surface area contributed by atoms with Gasteiger partial charge in [-0.3, -0.25) is 0 Å². The fraction of sp³-hybridized carbons (Fsp3) is 0.0769. The average Bonchev–Trinajstić information content (AvgIpc) is 2.33. The van der Waals surface area contributed by atoms with Crippen LogP contribution in [0.15, 0.2) is 42.5 Å². The lowest BCUT2D eigenvalue weighted by Gasteiger charge is -2.11. The molecule has 2 N–H and O–H groups in total. The van der Waals surface area contributed by atoms with Crippen LogP contribution in [0.1, 0.15) is 5.56 Å². The van der Waals surface area contributed by atoms with E-state index in [1.807, 2.05) is 0 Å². The number of rotatable bonds is 2. The molecule has 2 rings (SSSR count). The maximum absolute atomic E-state index is 13.0. The van der Waals surface area contributed by atoms with Gasteiger partial charge in [-0.05, 0) is 30.3 Å². The first-order chi connectivity index (χ1) is 8.86. The zero-order chi connectivity index (χ0) is 14.0. The lowest BCUT2D eigenvalue weighted by molar-refractivity contribution is -0.137. The summed E-state index contributed by atoms with van der Waals surface area (Å²) in [4.78, 5) is 0. The molecule has 2 aromatic rings. The fourth-order valence-corrected chi connectivity index (χ4v) is 1.46. The standard InChI is InChI=1S/C13H9F4NO/c14-9-4-5-11(18)12(7-9)19-10-3-1-2-8(6-10)13(15,16)17/h1-7H,18H2. The van der Waals surface area contributed by atoms with Crippen LogP contribution in [0.3, 0.4) is 0 Å². The monoisotopic (exact) mass is 271 g/mol. The molecule has 0 amide bonds. The predicted molar refractivity (Wildman–Crippen MR) is 62.3 cm³/mol. The number of nitrogen functional groups attached to an aromatic ring is 1. The van der Waals surface area contributed by atoms with Gasteiger partial charge in [-0.1, -0.05) is 6.07 Å². The molecule has 0 aliphatic carbocycles. The third kappa shape index (κ3) is 3.15. The highest BCUT2D eigenvalue weighted by Gasteiger charge is 2.30. The molecule has 0 unspecified atom stereocenters. The Hall–Kier alpha value is -2.24. The largest absolute Gasteiger partial charge is 0.455 e. The summed E-state index contributed by atoms with van der Waals surface area (Å²) in [5.74, 6) is -0.678. The number of hydrogen-bond acceptors (Lipinski definition) is 2. The summed E-state index contributed by atoms with van der Waals surface area (Å²) in [7, 11) is 0. The number of anilines is 1. The van der Waals surface area contributed by atoms with Crippen LogP contribution in [-0.2, 0) is 6.18 Å². The molecular formula is C13H9F4NO. The molecule has 0 fully saturated rings. The highest BCUT2D eigenvalue weighted by Crippen LogP contribution is 2.34. The number of benzene rings is 2. The number of alkyl halides is 3. The summed E-state index contributed by atoms with van der Waals surface area (Å²) >= 11 is 0. The first-order valence-corrected chi connectivity index (χ1v) is 5.26. The lowest BCUT2D eigenvalue weighted by Crippen LogP contribution is -2.04. The number of nitrogens with two attached hydrogens (primary N) is 1. The van der Waals surface area contributed by atoms with E-state index in [-0.39, 0.29) is 17.2 Å². The molecule has 2 nitrogen and oxygen atoms in total. The van der Waals surface area contributed by atoms with E-state index in [0.717, 1.165) is 24.3 Å². The predicted octanol–water partition coefficient (Wildman–Crippen LogP) is 4.22. The molecule has 0 atom stereocenters. The van der Waals surface area contributed by atoms with Crippen LogP contribution in [-0.4, -0.2) is 0 Å². The molecule has 0 spiro atoms. The van der Waals surface area contributed by atoms with Crippen LogP contribution in [0.25, 0.3) is 0 Å². The summed E-state index contributed by atoms with van der Waals surface area (Å²) in [6.07, 6.45) is -4.47. The molecule has 0 aliphatic heterocycles. The smallest absolute Gasteiger partial charge is 0.416 e. The summed E-state index contributed by atoms with van der Waals surface area (Å²) in [6.45, 7) is 0. The van der Waals surface area contributed by atoms with E-state index in [2.05, 4.69) is 0 Å². The SMILES string of the molecule is Nc1ccc(F)cc1Oc1cccc(C(F)(F)F)c1. The lowest BCUT2D eigenvalue weighted by atomic mass is 10.2. The van der Waals surface area contributed by atoms with Crippen LogP contribution in [0.2, 0.25) is 0 Å². The zero-order valence-corrected chi connectivity index (χ0v) is 9.54. The van der Waals surface area contributed by atoms with E-state index in [9.17, 15) is 17.6 Å². The van der Waals surface area contributed by atoms with Gasteiger partial charge in [-0.25, -0.2) is 4.39 Å². The van der Waals surface area contributed by atoms with E-state index >= 15 is 0 Å². The van der Waals surface area contributed by atoms with Crippen molar-refractivity contribution in [2.75, 3.05) is 5.73 Å². The van der Waals surface area contributed by atoms with Crippen LogP contribution in [0, 0.1) is 5.82 Å². The van der Waals surface area contributed by atoms with Crippen molar-refractivity contribution < 1.29 is 22.3 Å². The zero-order valence-electron chi connectivity index (χ0n) is 9.54. The van der Waals surface area contributed by atoms with Gasteiger partial charge in [0.2, 0.25) is 0 Å². The summed E-state index contributed by atoms with van der Waals surface area (Å²) in [5.41, 5.74) is 4.84. The Bertz CT molecular complexity index is 595. The first-order valence-electron chi connectivity index (χ1n) is 5.26. The molecule has 6 heteroatoms. The van der Waals surface area contributed by atoms with Gasteiger partial charge in [0.15, 0.2) is 5.75 Å². The Labute approximate surface area is 106 Å². The minimum absolute atomic E-state index is 0.0284. The molecular weight excluding hydrogens is 262 g/mol. The van der Waals surface area contributed by atoms with Crippen molar-refractivity contribution in [3.05, 3.63) is 53.8 Å². The van der Waals surface area contributed by atoms with Crippen molar-refractivity contribution in [1.29, 1.82) is 0 Å². The number of halogens is 4. The summed E-state index contributed by atoms with van der Waals surface area (Å²) in [6, 6.07) is 7.70. The van der Waals surface area contributed by atoms with Gasteiger partial charge in [-0.15, -0.1) is 0 Å². The number of ether oxygens (including phenoxy) is 1. The van der Waals surface area contributed by atoms with Crippen LogP contribution < -0.4 is 10.5 Å². The van der Waals surface area contributed by atoms with E-state index in [1.165, 1.54) is 18.2 Å². The van der Waals surface area contributed by atoms with E-state index < -0.39 is 17.6 Å². The Kier molecular flexibility index (Phi) is 3.33. The van der Waals surface area contributed by atoms with Crippen molar-refractivity contribution in [3.8, 4) is 11.5 Å². The fourth-order valence-electron chi connectivity index (χ4n) is 1.46. The third-order valence-electron chi connectivity index (χ3n) is 2.36. The van der Waals surface area contributed by atoms with Crippen LogP contribution in [0.5, 0.6) is 11.5 Å². The third-order valence-corrected chi connectivity index (χ3v) is 2.36. The molecule has 100 valence electrons. The van der Waals surface area contributed by atoms with Gasteiger partial charge in [0.05, 0.1) is 11.3 Å². The van der Waals surface area contributed by atoms with Gasteiger partial charge in [0.25, 0.3) is 0 Å². The van der Waals surface area contributed by atoms with E-state index in [1.54, 1.807) is 0 Å². The summed E-state index contributed by atoms with van der Waals surface area (Å²) < 4.78 is 55.7. The van der Waals surface area contributed by atoms with E-state index in [4.69, 9.17) is 10.5 Å². The maximum atomic E-state index is 13.0. The van der Waals surface area contributed by atoms with Crippen molar-refractivity contribution in [1.82, 2.24) is 0 Å². The van der Waals surface area contributed by atoms with Gasteiger partial charge in [0, 0.05) is 6.07 Å². The summed E-state index contributed by atoms with van der Waals surface area (Å²) in [5, 5.41) is 0. The van der Waals surface area contributed by atoms with Crippen molar-refractivity contribution in [2.45, 2.75) is 6.18 Å². The minimum atomic E-state index is -4.47. The Morgan fingerprint density at radius 1 is 1.00 bits per heavy atom. The minimum Gasteiger partial charge on any atom is -0.455 e. The number of hydrogen-bond donors (Lipinski definition) is 1. The van der Waals surface area contributed by atoms with Crippen molar-refractivity contribution >= 4 is 5.69 Å². The topological polar surface area (TPSA) is 35.2 Å². The van der Waals surface area contributed by atoms with Gasteiger partial charge < -0.3 is 10.5 Å². The van der Waals surface area contributed by atoms with Crippen LogP contribution in [0.4, 0.5) is 23.2 Å². The second-order valence-electron chi connectivity index (χ2n) is 3.81. The Morgan fingerprint density at radius 3 is 2.42 bits per heavy atom. The molecule has 0 saturated heterocycles. The highest BCUT2D eigenvalue weighted by atomic mass is 19.4. The Morgan fingerprint density at radius 2 is 1.74 bits per heavy atom. The molecule has 0 radical (unpaired) electrons. The van der Waals surface area contributed by atoms with Gasteiger partial charge >= 0.3 is 6.18 Å². The first kappa shape index (κ1) is 13.2. The second-order valence-corrected chi connectivity index (χ2v) is 3.81. The Balaban J connectivity index is 2.31. The quantitative estimate of drug-likeness (QED) is 0.655. The molecule has 0 saturated carbocycles. The molecule has 0 aliphatic rings. The molecule has 19 heavy (non-hydrogen) atoms. The van der Waals surface area contributed by atoms with Gasteiger partial charge in [0.1, 0.15) is 11.6 Å². The molecule has 0 aromatic heterocycles. The average molecular weight is 271 g/mol. The van der Waals surface area contributed by atoms with Crippen molar-refractivity contribution in [3.63, 3.8) is 0 Å². The van der Waals surface area contributed by atoms with Crippen molar-refractivity contribution in [2.24, 2.45) is 0 Å². The second kappa shape index (κ2) is 4.79. The van der Waals surface area contributed by atoms with Crippen LogP contribution >= 0.6 is 0 Å². The van der Waals surface area contributed by atoms with Gasteiger partial charge in [-0.2, -0.15) is 13.2 Å². The molecule has 2 aromatic carbocycles.